The zero-order chi connectivity index (χ0) is 36.9. The monoisotopic (exact) mass is 713 g/mol. The maximum atomic E-state index is 13.3. The maximum Gasteiger partial charge on any atom is 0.323 e. The van der Waals surface area contributed by atoms with E-state index >= 15 is 0 Å². The van der Waals surface area contributed by atoms with Crippen LogP contribution in [0.2, 0.25) is 0 Å². The van der Waals surface area contributed by atoms with Crippen LogP contribution in [0.5, 0.6) is 0 Å². The minimum atomic E-state index is -0.485. The van der Waals surface area contributed by atoms with Gasteiger partial charge in [0.2, 0.25) is 0 Å². The third kappa shape index (κ3) is 10.8. The molecule has 0 bridgehead atoms. The zero-order valence-electron chi connectivity index (χ0n) is 29.6. The normalized spacial score (nSPS) is 13.8. The second kappa shape index (κ2) is 18.8. The smallest absolute Gasteiger partial charge is 0.323 e. The lowest BCUT2D eigenvalue weighted by atomic mass is 10.1. The molecule has 52 heavy (non-hydrogen) atoms. The number of ether oxygens (including phenoxy) is 2. The Labute approximate surface area is 302 Å². The van der Waals surface area contributed by atoms with Crippen LogP contribution in [0, 0.1) is 0 Å². The van der Waals surface area contributed by atoms with Gasteiger partial charge in [-0.25, -0.2) is 4.79 Å². The van der Waals surface area contributed by atoms with Crippen molar-refractivity contribution in [3.05, 3.63) is 93.4 Å². The van der Waals surface area contributed by atoms with E-state index in [4.69, 9.17) is 9.47 Å². The van der Waals surface area contributed by atoms with Gasteiger partial charge < -0.3 is 45.6 Å². The molecule has 0 aliphatic carbocycles. The second-order valence-corrected chi connectivity index (χ2v) is 12.6. The highest BCUT2D eigenvalue weighted by Gasteiger charge is 2.18. The molecule has 1 saturated heterocycles. The van der Waals surface area contributed by atoms with Gasteiger partial charge >= 0.3 is 5.69 Å². The van der Waals surface area contributed by atoms with Crippen molar-refractivity contribution in [2.24, 2.45) is 0 Å². The standard InChI is InChI=1S/C38H47N7O7/c1-3-45(4-2)17-6-5-15-39-34(46)27-20-28(35(47)40-16-7-18-51-24-31-14-19-52-31)22-30(21-27)42-37(49)26-10-8-25(9-11-26)36(48)41-29-12-13-32-33(23-29)44-38(50)43-32/h8-13,20-23,31H,3-7,14-19,24H2,1-2H3,(H,39,46)(H,40,47)(H,41,48)(H,42,49)(H2,43,44,50). The highest BCUT2D eigenvalue weighted by Crippen LogP contribution is 2.19. The highest BCUT2D eigenvalue weighted by molar-refractivity contribution is 6.09. The number of anilines is 2. The number of nitrogens with zero attached hydrogens (tertiary/aromatic N) is 1. The van der Waals surface area contributed by atoms with Gasteiger partial charge in [-0.05, 0) is 106 Å². The van der Waals surface area contributed by atoms with Gasteiger partial charge in [-0.15, -0.1) is 0 Å². The molecule has 0 saturated carbocycles. The van der Waals surface area contributed by atoms with E-state index in [-0.39, 0.29) is 46.0 Å². The number of carbonyl (C=O) groups excluding carboxylic acids is 4. The number of unbranched alkanes of at least 4 members (excludes halogenated alkanes) is 1. The van der Waals surface area contributed by atoms with Crippen molar-refractivity contribution in [3.8, 4) is 0 Å². The summed E-state index contributed by atoms with van der Waals surface area (Å²) in [5.74, 6) is -1.62. The number of hydrogen-bond donors (Lipinski definition) is 6. The molecule has 2 heterocycles. The molecule has 4 amide bonds. The first-order valence-electron chi connectivity index (χ1n) is 17.8. The van der Waals surface area contributed by atoms with Gasteiger partial charge in [0.05, 0.1) is 23.7 Å². The molecule has 6 N–H and O–H groups in total. The first-order chi connectivity index (χ1) is 25.2. The summed E-state index contributed by atoms with van der Waals surface area (Å²) in [6, 6.07) is 15.6. The van der Waals surface area contributed by atoms with E-state index in [1.54, 1.807) is 18.2 Å². The molecule has 14 heteroatoms. The fraction of sp³-hybridized carbons (Fsp3) is 0.395. The first kappa shape index (κ1) is 37.9. The lowest BCUT2D eigenvalue weighted by Gasteiger charge is -2.25. The number of hydrogen-bond acceptors (Lipinski definition) is 8. The molecule has 1 fully saturated rings. The van der Waals surface area contributed by atoms with Crippen LogP contribution in [0.4, 0.5) is 11.4 Å². The molecule has 14 nitrogen and oxygen atoms in total. The van der Waals surface area contributed by atoms with E-state index < -0.39 is 11.8 Å². The Bertz CT molecular complexity index is 1900. The average Bonchev–Trinajstić information content (AvgIpc) is 3.50. The minimum Gasteiger partial charge on any atom is -0.379 e. The van der Waals surface area contributed by atoms with Crippen LogP contribution >= 0.6 is 0 Å². The number of aromatic nitrogens is 2. The van der Waals surface area contributed by atoms with Crippen molar-refractivity contribution < 1.29 is 28.7 Å². The molecule has 276 valence electrons. The van der Waals surface area contributed by atoms with Crippen LogP contribution in [-0.2, 0) is 9.47 Å². The maximum absolute atomic E-state index is 13.3. The van der Waals surface area contributed by atoms with E-state index in [1.165, 1.54) is 42.5 Å². The zero-order valence-corrected chi connectivity index (χ0v) is 29.6. The van der Waals surface area contributed by atoms with Crippen LogP contribution in [0.1, 0.15) is 81.0 Å². The predicted octanol–water partition coefficient (Wildman–Crippen LogP) is 4.14. The highest BCUT2D eigenvalue weighted by atomic mass is 16.5. The molecule has 0 spiro atoms. The van der Waals surface area contributed by atoms with Gasteiger partial charge in [-0.2, -0.15) is 0 Å². The second-order valence-electron chi connectivity index (χ2n) is 12.6. The molecule has 3 aromatic carbocycles. The van der Waals surface area contributed by atoms with Gasteiger partial charge in [0.25, 0.3) is 23.6 Å². The fourth-order valence-corrected chi connectivity index (χ4v) is 5.66. The summed E-state index contributed by atoms with van der Waals surface area (Å²) in [4.78, 5) is 71.7. The van der Waals surface area contributed by atoms with Crippen molar-refractivity contribution in [1.82, 2.24) is 25.5 Å². The molecule has 1 unspecified atom stereocenters. The Morgan fingerprint density at radius 3 is 1.92 bits per heavy atom. The largest absolute Gasteiger partial charge is 0.379 e. The van der Waals surface area contributed by atoms with Crippen molar-refractivity contribution in [1.29, 1.82) is 0 Å². The number of rotatable bonds is 19. The van der Waals surface area contributed by atoms with Crippen LogP contribution in [0.15, 0.2) is 65.5 Å². The summed E-state index contributed by atoms with van der Waals surface area (Å²) in [6.07, 6.45) is 3.50. The van der Waals surface area contributed by atoms with E-state index in [1.807, 2.05) is 0 Å². The summed E-state index contributed by atoms with van der Waals surface area (Å²) < 4.78 is 11.0. The topological polar surface area (TPSA) is 187 Å². The molecule has 5 rings (SSSR count). The van der Waals surface area contributed by atoms with Gasteiger partial charge in [0, 0.05) is 59.9 Å². The number of imidazole rings is 1. The van der Waals surface area contributed by atoms with Gasteiger partial charge in [-0.3, -0.25) is 19.2 Å². The number of fused-ring (bicyclic) bond motifs is 1. The van der Waals surface area contributed by atoms with Gasteiger partial charge in [-0.1, -0.05) is 13.8 Å². The molecule has 1 aromatic heterocycles. The molecular weight excluding hydrogens is 666 g/mol. The first-order valence-corrected chi connectivity index (χ1v) is 17.8. The number of nitrogens with one attached hydrogen (secondary N) is 6. The molecule has 1 aliphatic rings. The quantitative estimate of drug-likeness (QED) is 0.0783. The van der Waals surface area contributed by atoms with Gasteiger partial charge in [0.15, 0.2) is 0 Å². The van der Waals surface area contributed by atoms with E-state index in [9.17, 15) is 24.0 Å². The van der Waals surface area contributed by atoms with Crippen LogP contribution in [-0.4, -0.2) is 97.1 Å². The predicted molar refractivity (Wildman–Crippen MR) is 199 cm³/mol. The summed E-state index contributed by atoms with van der Waals surface area (Å²) >= 11 is 0. The molecular formula is C38H47N7O7. The van der Waals surface area contributed by atoms with Crippen LogP contribution < -0.4 is 27.0 Å². The molecule has 4 aromatic rings. The summed E-state index contributed by atoms with van der Waals surface area (Å²) in [7, 11) is 0. The van der Waals surface area contributed by atoms with Crippen molar-refractivity contribution >= 4 is 46.0 Å². The number of amides is 4. The van der Waals surface area contributed by atoms with Crippen LogP contribution in [0.25, 0.3) is 11.0 Å². The van der Waals surface area contributed by atoms with E-state index in [2.05, 4.69) is 50.0 Å². The lowest BCUT2D eigenvalue weighted by Crippen LogP contribution is -2.32. The molecule has 0 radical (unpaired) electrons. The number of H-pyrrole nitrogens is 2. The van der Waals surface area contributed by atoms with E-state index in [0.29, 0.717) is 55.0 Å². The number of benzene rings is 3. The van der Waals surface area contributed by atoms with Gasteiger partial charge in [0.1, 0.15) is 0 Å². The Hall–Kier alpha value is -5.31. The Morgan fingerprint density at radius 2 is 1.33 bits per heavy atom. The fourth-order valence-electron chi connectivity index (χ4n) is 5.66. The lowest BCUT2D eigenvalue weighted by molar-refractivity contribution is -0.0937. The molecule has 1 atom stereocenters. The SMILES string of the molecule is CCN(CC)CCCCNC(=O)c1cc(NC(=O)c2ccc(C(=O)Nc3ccc4[nH]c(=O)[nH]c4c3)cc2)cc(C(=O)NCCCOCC2CCO2)c1. The van der Waals surface area contributed by atoms with Crippen molar-refractivity contribution in [2.75, 3.05) is 63.2 Å². The minimum absolute atomic E-state index is 0.156. The number of carbonyl (C=O) groups is 4. The average molecular weight is 714 g/mol. The summed E-state index contributed by atoms with van der Waals surface area (Å²) in [5, 5.41) is 11.4. The Balaban J connectivity index is 1.20. The number of aromatic amines is 2. The van der Waals surface area contributed by atoms with Crippen molar-refractivity contribution in [3.63, 3.8) is 0 Å². The summed E-state index contributed by atoms with van der Waals surface area (Å²) in [5.41, 5.74) is 2.65. The Morgan fingerprint density at radius 1 is 0.731 bits per heavy atom. The Kier molecular flexibility index (Phi) is 13.7. The summed E-state index contributed by atoms with van der Waals surface area (Å²) in [6.45, 7) is 9.78. The van der Waals surface area contributed by atoms with Crippen LogP contribution in [0.3, 0.4) is 0 Å². The third-order valence-electron chi connectivity index (χ3n) is 8.83. The molecule has 1 aliphatic heterocycles. The van der Waals surface area contributed by atoms with Crippen molar-refractivity contribution in [2.45, 2.75) is 45.6 Å². The third-order valence-corrected chi connectivity index (χ3v) is 8.83. The van der Waals surface area contributed by atoms with E-state index in [0.717, 1.165) is 45.5 Å².